The van der Waals surface area contributed by atoms with Crippen LogP contribution in [-0.4, -0.2) is 29.6 Å². The smallest absolute Gasteiger partial charge is 0.340 e. The lowest BCUT2D eigenvalue weighted by Crippen LogP contribution is -2.15. The summed E-state index contributed by atoms with van der Waals surface area (Å²) in [6.07, 6.45) is 1.16. The van der Waals surface area contributed by atoms with Crippen molar-refractivity contribution in [3.63, 3.8) is 0 Å². The van der Waals surface area contributed by atoms with Gasteiger partial charge in [0.1, 0.15) is 11.6 Å². The molecule has 1 amide bonds. The van der Waals surface area contributed by atoms with Crippen LogP contribution in [0.4, 0.5) is 11.4 Å². The van der Waals surface area contributed by atoms with E-state index in [4.69, 9.17) is 9.84 Å². The zero-order chi connectivity index (χ0) is 20.5. The van der Waals surface area contributed by atoms with Crippen LogP contribution >= 0.6 is 0 Å². The molecule has 8 heteroatoms. The van der Waals surface area contributed by atoms with E-state index in [9.17, 15) is 19.6 Å². The Morgan fingerprint density at radius 1 is 1.18 bits per heavy atom. The summed E-state index contributed by atoms with van der Waals surface area (Å²) in [4.78, 5) is 35.3. The fourth-order valence-electron chi connectivity index (χ4n) is 2.22. The molecule has 2 rings (SSSR count). The summed E-state index contributed by atoms with van der Waals surface area (Å²) in [6.45, 7) is 1.90. The van der Waals surface area contributed by atoms with Gasteiger partial charge < -0.3 is 20.5 Å². The quantitative estimate of drug-likeness (QED) is 0.383. The van der Waals surface area contributed by atoms with E-state index in [1.807, 2.05) is 0 Å². The molecule has 0 saturated heterocycles. The first-order valence-corrected chi connectivity index (χ1v) is 8.24. The number of hydrogen-bond donors (Lipinski definition) is 3. The number of nitriles is 1. The lowest BCUT2D eigenvalue weighted by Gasteiger charge is -2.09. The summed E-state index contributed by atoms with van der Waals surface area (Å²) >= 11 is 0. The lowest BCUT2D eigenvalue weighted by atomic mass is 10.1. The van der Waals surface area contributed by atoms with Gasteiger partial charge >= 0.3 is 11.9 Å². The van der Waals surface area contributed by atoms with Crippen molar-refractivity contribution in [2.24, 2.45) is 0 Å². The highest BCUT2D eigenvalue weighted by Crippen LogP contribution is 2.17. The number of benzene rings is 2. The molecular weight excluding hydrogens is 362 g/mol. The molecule has 0 bridgehead atoms. The zero-order valence-corrected chi connectivity index (χ0v) is 14.9. The van der Waals surface area contributed by atoms with Crippen LogP contribution < -0.4 is 10.6 Å². The van der Waals surface area contributed by atoms with E-state index in [0.29, 0.717) is 5.69 Å². The number of rotatable bonds is 7. The molecule has 0 atom stereocenters. The first-order chi connectivity index (χ1) is 13.5. The van der Waals surface area contributed by atoms with Crippen molar-refractivity contribution >= 4 is 29.2 Å². The van der Waals surface area contributed by atoms with Gasteiger partial charge in [0.25, 0.3) is 5.91 Å². The number of para-hydroxylation sites is 1. The molecule has 0 aliphatic carbocycles. The first-order valence-electron chi connectivity index (χ1n) is 8.24. The maximum Gasteiger partial charge on any atom is 0.340 e. The Morgan fingerprint density at radius 3 is 2.61 bits per heavy atom. The van der Waals surface area contributed by atoms with Gasteiger partial charge in [-0.3, -0.25) is 4.79 Å². The SMILES string of the molecule is CCOC(=O)c1ccccc1N/C=C(/C#N)C(=O)Nc1cccc(C(=O)O)c1. The van der Waals surface area contributed by atoms with E-state index in [0.717, 1.165) is 6.20 Å². The van der Waals surface area contributed by atoms with E-state index in [-0.39, 0.29) is 29.0 Å². The summed E-state index contributed by atoms with van der Waals surface area (Å²) in [6, 6.07) is 13.9. The molecule has 0 aromatic heterocycles. The summed E-state index contributed by atoms with van der Waals surface area (Å²) in [5, 5.41) is 23.5. The van der Waals surface area contributed by atoms with Gasteiger partial charge in [0.15, 0.2) is 0 Å². The molecule has 0 radical (unpaired) electrons. The fourth-order valence-corrected chi connectivity index (χ4v) is 2.22. The van der Waals surface area contributed by atoms with Crippen LogP contribution in [0, 0.1) is 11.3 Å². The van der Waals surface area contributed by atoms with Crippen LogP contribution in [0.1, 0.15) is 27.6 Å². The Kier molecular flexibility index (Phi) is 6.88. The molecular formula is C20H17N3O5. The number of carboxylic acids is 1. The minimum atomic E-state index is -1.13. The predicted octanol–water partition coefficient (Wildman–Crippen LogP) is 3.02. The second-order valence-electron chi connectivity index (χ2n) is 5.42. The van der Waals surface area contributed by atoms with E-state index >= 15 is 0 Å². The van der Waals surface area contributed by atoms with Crippen molar-refractivity contribution in [1.82, 2.24) is 0 Å². The number of hydrogen-bond acceptors (Lipinski definition) is 6. The van der Waals surface area contributed by atoms with E-state index < -0.39 is 17.8 Å². The van der Waals surface area contributed by atoms with Crippen molar-refractivity contribution < 1.29 is 24.2 Å². The number of esters is 1. The standard InChI is InChI=1S/C20H17N3O5/c1-2-28-20(27)16-8-3-4-9-17(16)22-12-14(11-21)18(24)23-15-7-5-6-13(10-15)19(25)26/h3-10,12,22H,2H2,1H3,(H,23,24)(H,25,26)/b14-12-. The molecule has 142 valence electrons. The Hall–Kier alpha value is -4.12. The predicted molar refractivity (Wildman–Crippen MR) is 102 cm³/mol. The maximum atomic E-state index is 12.3. The summed E-state index contributed by atoms with van der Waals surface area (Å²) < 4.78 is 4.97. The third-order valence-corrected chi connectivity index (χ3v) is 3.53. The molecule has 0 unspecified atom stereocenters. The molecule has 2 aromatic carbocycles. The summed E-state index contributed by atoms with van der Waals surface area (Å²) in [5.41, 5.74) is 0.598. The normalized spacial score (nSPS) is 10.5. The Bertz CT molecular complexity index is 976. The van der Waals surface area contributed by atoms with Gasteiger partial charge in [0, 0.05) is 11.9 Å². The number of anilines is 2. The van der Waals surface area contributed by atoms with Crippen molar-refractivity contribution in [3.8, 4) is 6.07 Å². The zero-order valence-electron chi connectivity index (χ0n) is 14.9. The molecule has 0 spiro atoms. The van der Waals surface area contributed by atoms with Crippen LogP contribution in [0.3, 0.4) is 0 Å². The molecule has 0 fully saturated rings. The third kappa shape index (κ3) is 5.19. The van der Waals surface area contributed by atoms with Crippen molar-refractivity contribution in [2.45, 2.75) is 6.92 Å². The van der Waals surface area contributed by atoms with Gasteiger partial charge in [-0.15, -0.1) is 0 Å². The molecule has 0 aliphatic heterocycles. The third-order valence-electron chi connectivity index (χ3n) is 3.53. The number of amides is 1. The van der Waals surface area contributed by atoms with Gasteiger partial charge in [-0.1, -0.05) is 18.2 Å². The number of carbonyl (C=O) groups excluding carboxylic acids is 2. The topological polar surface area (TPSA) is 129 Å². The molecule has 2 aromatic rings. The number of ether oxygens (including phenoxy) is 1. The van der Waals surface area contributed by atoms with Crippen LogP contribution in [-0.2, 0) is 9.53 Å². The van der Waals surface area contributed by atoms with Crippen molar-refractivity contribution in [2.75, 3.05) is 17.2 Å². The van der Waals surface area contributed by atoms with Gasteiger partial charge in [0.2, 0.25) is 0 Å². The average Bonchev–Trinajstić information content (AvgIpc) is 2.69. The average molecular weight is 379 g/mol. The van der Waals surface area contributed by atoms with Gasteiger partial charge in [-0.2, -0.15) is 5.26 Å². The van der Waals surface area contributed by atoms with E-state index in [1.165, 1.54) is 24.3 Å². The number of nitrogens with zero attached hydrogens (tertiary/aromatic N) is 1. The second-order valence-corrected chi connectivity index (χ2v) is 5.42. The number of aromatic carboxylic acids is 1. The number of carboxylic acid groups (broad SMARTS) is 1. The monoisotopic (exact) mass is 379 g/mol. The summed E-state index contributed by atoms with van der Waals surface area (Å²) in [7, 11) is 0. The van der Waals surface area contributed by atoms with E-state index in [1.54, 1.807) is 37.3 Å². The van der Waals surface area contributed by atoms with Crippen LogP contribution in [0.2, 0.25) is 0 Å². The molecule has 0 heterocycles. The van der Waals surface area contributed by atoms with Crippen molar-refractivity contribution in [3.05, 3.63) is 71.4 Å². The highest BCUT2D eigenvalue weighted by Gasteiger charge is 2.13. The van der Waals surface area contributed by atoms with Crippen LogP contribution in [0.5, 0.6) is 0 Å². The fraction of sp³-hybridized carbons (Fsp3) is 0.100. The Labute approximate surface area is 161 Å². The summed E-state index contributed by atoms with van der Waals surface area (Å²) in [5.74, 6) is -2.40. The molecule has 8 nitrogen and oxygen atoms in total. The molecule has 3 N–H and O–H groups in total. The first kappa shape index (κ1) is 20.2. The van der Waals surface area contributed by atoms with E-state index in [2.05, 4.69) is 10.6 Å². The van der Waals surface area contributed by atoms with Crippen LogP contribution in [0.15, 0.2) is 60.3 Å². The van der Waals surface area contributed by atoms with Crippen LogP contribution in [0.25, 0.3) is 0 Å². The maximum absolute atomic E-state index is 12.3. The largest absolute Gasteiger partial charge is 0.478 e. The molecule has 0 saturated carbocycles. The Morgan fingerprint density at radius 2 is 1.93 bits per heavy atom. The number of carbonyl (C=O) groups is 3. The molecule has 0 aliphatic rings. The van der Waals surface area contributed by atoms with Gasteiger partial charge in [-0.05, 0) is 37.3 Å². The molecule has 28 heavy (non-hydrogen) atoms. The minimum absolute atomic E-state index is 0.00164. The second kappa shape index (κ2) is 9.54. The van der Waals surface area contributed by atoms with Crippen molar-refractivity contribution in [1.29, 1.82) is 5.26 Å². The number of nitrogens with one attached hydrogen (secondary N) is 2. The Balaban J connectivity index is 2.18. The van der Waals surface area contributed by atoms with Gasteiger partial charge in [0.05, 0.1) is 23.4 Å². The highest BCUT2D eigenvalue weighted by molar-refractivity contribution is 6.07. The minimum Gasteiger partial charge on any atom is -0.478 e. The van der Waals surface area contributed by atoms with Gasteiger partial charge in [-0.25, -0.2) is 9.59 Å². The highest BCUT2D eigenvalue weighted by atomic mass is 16.5. The lowest BCUT2D eigenvalue weighted by molar-refractivity contribution is -0.112.